The third kappa shape index (κ3) is 4.74. The first kappa shape index (κ1) is 18.8. The van der Waals surface area contributed by atoms with Crippen LogP contribution in [0.1, 0.15) is 28.9 Å². The Bertz CT molecular complexity index is 879. The van der Waals surface area contributed by atoms with Crippen LogP contribution in [0.4, 0.5) is 5.69 Å². The second-order valence-corrected chi connectivity index (χ2v) is 7.76. The van der Waals surface area contributed by atoms with Crippen LogP contribution in [0.3, 0.4) is 0 Å². The van der Waals surface area contributed by atoms with Gasteiger partial charge in [-0.25, -0.2) is 8.42 Å². The van der Waals surface area contributed by atoms with Crippen molar-refractivity contribution >= 4 is 27.4 Å². The van der Waals surface area contributed by atoms with Gasteiger partial charge in [-0.1, -0.05) is 42.5 Å². The first-order valence-corrected chi connectivity index (χ1v) is 9.45. The molecule has 2 aromatic rings. The highest BCUT2D eigenvalue weighted by Gasteiger charge is 2.30. The van der Waals surface area contributed by atoms with Gasteiger partial charge < -0.3 is 5.32 Å². The normalized spacial score (nSPS) is 12.6. The maximum atomic E-state index is 12.8. The molecule has 0 bridgehead atoms. The second-order valence-electron chi connectivity index (χ2n) is 5.72. The fraction of sp³-hybridized carbons (Fsp3) is 0.222. The minimum Gasteiger partial charge on any atom is -0.324 e. The average molecular weight is 360 g/mol. The fourth-order valence-electron chi connectivity index (χ4n) is 2.38. The van der Waals surface area contributed by atoms with Crippen molar-refractivity contribution in [1.29, 1.82) is 0 Å². The first-order chi connectivity index (χ1) is 11.7. The Labute approximate surface area is 147 Å². The molecule has 0 heterocycles. The number of nitrogens with one attached hydrogen (secondary N) is 1. The lowest BCUT2D eigenvalue weighted by molar-refractivity contribution is -0.119. The summed E-state index contributed by atoms with van der Waals surface area (Å²) in [5, 5.41) is 2.69. The van der Waals surface area contributed by atoms with E-state index in [1.807, 2.05) is 0 Å². The number of carbonyl (C=O) groups excluding carboxylic acids is 2. The van der Waals surface area contributed by atoms with E-state index in [4.69, 9.17) is 0 Å². The maximum absolute atomic E-state index is 12.8. The summed E-state index contributed by atoms with van der Waals surface area (Å²) < 4.78 is 24.9. The lowest BCUT2D eigenvalue weighted by Gasteiger charge is -2.25. The molecule has 0 radical (unpaired) electrons. The number of hydrogen-bond donors (Lipinski definition) is 1. The molecule has 0 saturated heterocycles. The van der Waals surface area contributed by atoms with Gasteiger partial charge in [0.25, 0.3) is 0 Å². The highest BCUT2D eigenvalue weighted by atomic mass is 32.2. The van der Waals surface area contributed by atoms with Gasteiger partial charge in [-0.3, -0.25) is 9.59 Å². The largest absolute Gasteiger partial charge is 0.324 e. The maximum Gasteiger partial charge on any atom is 0.247 e. The molecule has 6 nitrogen and oxygen atoms in total. The van der Waals surface area contributed by atoms with E-state index in [0.29, 0.717) is 16.8 Å². The van der Waals surface area contributed by atoms with E-state index in [1.165, 1.54) is 14.0 Å². The second kappa shape index (κ2) is 7.58. The fourth-order valence-corrected chi connectivity index (χ4v) is 2.98. The van der Waals surface area contributed by atoms with Crippen molar-refractivity contribution in [2.24, 2.45) is 0 Å². The van der Waals surface area contributed by atoms with Crippen LogP contribution in [0.5, 0.6) is 0 Å². The lowest BCUT2D eigenvalue weighted by Crippen LogP contribution is -2.38. The number of hydrogen-bond acceptors (Lipinski definition) is 4. The Morgan fingerprint density at radius 1 is 1.04 bits per heavy atom. The molecule has 1 N–H and O–H groups in total. The van der Waals surface area contributed by atoms with Crippen molar-refractivity contribution in [3.8, 4) is 0 Å². The van der Waals surface area contributed by atoms with E-state index in [-0.39, 0.29) is 5.78 Å². The minimum atomic E-state index is -3.59. The van der Waals surface area contributed by atoms with Crippen LogP contribution in [0.25, 0.3) is 0 Å². The predicted molar refractivity (Wildman–Crippen MR) is 96.9 cm³/mol. The number of amides is 1. The molecule has 1 atom stereocenters. The smallest absolute Gasteiger partial charge is 0.247 e. The number of likely N-dealkylation sites (N-methyl/N-ethyl adjacent to an activating group) is 1. The molecule has 0 spiro atoms. The SMILES string of the molecule is CC(=O)c1cccc(NC(=O)C(c2ccccc2)N(C)S(C)(=O)=O)c1. The van der Waals surface area contributed by atoms with E-state index in [9.17, 15) is 18.0 Å². The van der Waals surface area contributed by atoms with Crippen LogP contribution in [0.15, 0.2) is 54.6 Å². The number of rotatable bonds is 6. The van der Waals surface area contributed by atoms with Gasteiger partial charge in [-0.05, 0) is 24.6 Å². The summed E-state index contributed by atoms with van der Waals surface area (Å²) in [6, 6.07) is 14.1. The Hall–Kier alpha value is -2.51. The van der Waals surface area contributed by atoms with Gasteiger partial charge >= 0.3 is 0 Å². The molecule has 0 fully saturated rings. The average Bonchev–Trinajstić information content (AvgIpc) is 2.55. The van der Waals surface area contributed by atoms with E-state index in [1.54, 1.807) is 54.6 Å². The highest BCUT2D eigenvalue weighted by Crippen LogP contribution is 2.24. The summed E-state index contributed by atoms with van der Waals surface area (Å²) in [7, 11) is -2.23. The molecule has 0 aliphatic heterocycles. The number of carbonyl (C=O) groups is 2. The van der Waals surface area contributed by atoms with Gasteiger partial charge in [0, 0.05) is 18.3 Å². The molecule has 0 aromatic heterocycles. The van der Waals surface area contributed by atoms with Gasteiger partial charge in [0.1, 0.15) is 6.04 Å². The van der Waals surface area contributed by atoms with Crippen molar-refractivity contribution in [3.63, 3.8) is 0 Å². The number of anilines is 1. The van der Waals surface area contributed by atoms with Gasteiger partial charge in [0.15, 0.2) is 5.78 Å². The van der Waals surface area contributed by atoms with Crippen molar-refractivity contribution in [2.75, 3.05) is 18.6 Å². The highest BCUT2D eigenvalue weighted by molar-refractivity contribution is 7.88. The number of Topliss-reactive ketones (excluding diaryl/α,β-unsaturated/α-hetero) is 1. The molecule has 0 aliphatic carbocycles. The quantitative estimate of drug-likeness (QED) is 0.802. The number of ketones is 1. The zero-order valence-electron chi connectivity index (χ0n) is 14.3. The van der Waals surface area contributed by atoms with Crippen molar-refractivity contribution in [3.05, 3.63) is 65.7 Å². The topological polar surface area (TPSA) is 83.6 Å². The Balaban J connectivity index is 2.36. The monoisotopic (exact) mass is 360 g/mol. The molecule has 2 rings (SSSR count). The molecular formula is C18H20N2O4S. The molecular weight excluding hydrogens is 340 g/mol. The van der Waals surface area contributed by atoms with Gasteiger partial charge in [-0.2, -0.15) is 4.31 Å². The number of benzene rings is 2. The molecule has 25 heavy (non-hydrogen) atoms. The van der Waals surface area contributed by atoms with Crippen LogP contribution in [-0.2, 0) is 14.8 Å². The Morgan fingerprint density at radius 3 is 2.24 bits per heavy atom. The van der Waals surface area contributed by atoms with Crippen LogP contribution < -0.4 is 5.32 Å². The third-order valence-corrected chi connectivity index (χ3v) is 5.04. The summed E-state index contributed by atoms with van der Waals surface area (Å²) in [6.07, 6.45) is 1.05. The van der Waals surface area contributed by atoms with Gasteiger partial charge in [-0.15, -0.1) is 0 Å². The molecule has 7 heteroatoms. The standard InChI is InChI=1S/C18H20N2O4S/c1-13(21)15-10-7-11-16(12-15)19-18(22)17(20(2)25(3,23)24)14-8-5-4-6-9-14/h4-12,17H,1-3H3,(H,19,22). The van der Waals surface area contributed by atoms with Crippen LogP contribution in [0, 0.1) is 0 Å². The molecule has 1 unspecified atom stereocenters. The zero-order chi connectivity index (χ0) is 18.6. The van der Waals surface area contributed by atoms with Crippen LogP contribution >= 0.6 is 0 Å². The van der Waals surface area contributed by atoms with E-state index >= 15 is 0 Å². The summed E-state index contributed by atoms with van der Waals surface area (Å²) in [5.74, 6) is -0.621. The Kier molecular flexibility index (Phi) is 5.71. The van der Waals surface area contributed by atoms with Crippen LogP contribution in [-0.4, -0.2) is 37.7 Å². The summed E-state index contributed by atoms with van der Waals surface area (Å²) in [5.41, 5.74) is 1.45. The van der Waals surface area contributed by atoms with Crippen molar-refractivity contribution < 1.29 is 18.0 Å². The summed E-state index contributed by atoms with van der Waals surface area (Å²) in [6.45, 7) is 1.44. The van der Waals surface area contributed by atoms with E-state index in [2.05, 4.69) is 5.32 Å². The zero-order valence-corrected chi connectivity index (χ0v) is 15.1. The molecule has 132 valence electrons. The predicted octanol–water partition coefficient (Wildman–Crippen LogP) is 2.46. The van der Waals surface area contributed by atoms with Crippen molar-refractivity contribution in [1.82, 2.24) is 4.31 Å². The van der Waals surface area contributed by atoms with E-state index in [0.717, 1.165) is 10.6 Å². The summed E-state index contributed by atoms with van der Waals surface area (Å²) >= 11 is 0. The molecule has 0 aliphatic rings. The molecule has 1 amide bonds. The van der Waals surface area contributed by atoms with Crippen LogP contribution in [0.2, 0.25) is 0 Å². The summed E-state index contributed by atoms with van der Waals surface area (Å²) in [4.78, 5) is 24.3. The first-order valence-electron chi connectivity index (χ1n) is 7.60. The van der Waals surface area contributed by atoms with Crippen molar-refractivity contribution in [2.45, 2.75) is 13.0 Å². The van der Waals surface area contributed by atoms with Gasteiger partial charge in [0.05, 0.1) is 6.26 Å². The van der Waals surface area contributed by atoms with Gasteiger partial charge in [0.2, 0.25) is 15.9 Å². The molecule has 2 aromatic carbocycles. The number of nitrogens with zero attached hydrogens (tertiary/aromatic N) is 1. The minimum absolute atomic E-state index is 0.121. The molecule has 0 saturated carbocycles. The lowest BCUT2D eigenvalue weighted by atomic mass is 10.1. The van der Waals surface area contributed by atoms with E-state index < -0.39 is 22.0 Å². The Morgan fingerprint density at radius 2 is 1.68 bits per heavy atom. The number of sulfonamides is 1. The third-order valence-electron chi connectivity index (χ3n) is 3.79.